The second kappa shape index (κ2) is 5.73. The molecule has 0 heterocycles. The molecule has 0 atom stereocenters. The summed E-state index contributed by atoms with van der Waals surface area (Å²) in [5.41, 5.74) is -0.0360. The minimum atomic E-state index is -0.0360. The zero-order valence-corrected chi connectivity index (χ0v) is 12.3. The first-order valence-electron chi connectivity index (χ1n) is 7.75. The quantitative estimate of drug-likeness (QED) is 0.673. The summed E-state index contributed by atoms with van der Waals surface area (Å²) in [5, 5.41) is 0. The van der Waals surface area contributed by atoms with Crippen LogP contribution in [0.3, 0.4) is 0 Å². The Bertz CT molecular complexity index is 275. The van der Waals surface area contributed by atoms with E-state index in [-0.39, 0.29) is 5.41 Å². The van der Waals surface area contributed by atoms with Gasteiger partial charge in [0.15, 0.2) is 0 Å². The molecule has 0 aromatic carbocycles. The van der Waals surface area contributed by atoms with Crippen LogP contribution in [0.5, 0.6) is 0 Å². The van der Waals surface area contributed by atoms with Gasteiger partial charge in [0.05, 0.1) is 0 Å². The summed E-state index contributed by atoms with van der Waals surface area (Å²) in [4.78, 5) is 14.2. The van der Waals surface area contributed by atoms with Crippen LogP contribution < -0.4 is 0 Å². The van der Waals surface area contributed by atoms with Crippen molar-refractivity contribution in [1.29, 1.82) is 0 Å². The lowest BCUT2D eigenvalue weighted by Crippen LogP contribution is -2.45. The fourth-order valence-electron chi connectivity index (χ4n) is 3.14. The zero-order valence-electron chi connectivity index (χ0n) is 12.3. The third-order valence-corrected chi connectivity index (χ3v) is 4.96. The predicted octanol–water partition coefficient (Wildman–Crippen LogP) is 3.50. The molecule has 0 radical (unpaired) electrons. The van der Waals surface area contributed by atoms with Crippen LogP contribution in [-0.4, -0.2) is 30.3 Å². The van der Waals surface area contributed by atoms with Gasteiger partial charge in [-0.2, -0.15) is 0 Å². The third kappa shape index (κ3) is 3.57. The molecular weight excluding hydrogens is 222 g/mol. The Labute approximate surface area is 112 Å². The van der Waals surface area contributed by atoms with Gasteiger partial charge in [-0.3, -0.25) is 4.90 Å². The van der Waals surface area contributed by atoms with Crippen molar-refractivity contribution in [1.82, 2.24) is 4.90 Å². The van der Waals surface area contributed by atoms with Gasteiger partial charge in [0.2, 0.25) is 0 Å². The molecule has 0 saturated heterocycles. The molecule has 2 aliphatic rings. The standard InChI is InChI=1S/C16H29NO/c1-13(2)17(10-15-4-5-15)11-16(12-18)8-6-14(3)7-9-16/h12-15H,4-11H2,1-3H3. The Morgan fingerprint density at radius 1 is 1.22 bits per heavy atom. The van der Waals surface area contributed by atoms with Gasteiger partial charge < -0.3 is 4.79 Å². The molecule has 0 amide bonds. The van der Waals surface area contributed by atoms with Crippen LogP contribution in [0.4, 0.5) is 0 Å². The minimum Gasteiger partial charge on any atom is -0.303 e. The van der Waals surface area contributed by atoms with E-state index in [2.05, 4.69) is 25.7 Å². The van der Waals surface area contributed by atoms with Gasteiger partial charge in [-0.15, -0.1) is 0 Å². The average molecular weight is 251 g/mol. The molecule has 2 fully saturated rings. The molecule has 0 unspecified atom stereocenters. The van der Waals surface area contributed by atoms with Crippen LogP contribution in [0.1, 0.15) is 59.3 Å². The van der Waals surface area contributed by atoms with Crippen LogP contribution in [0.25, 0.3) is 0 Å². The largest absolute Gasteiger partial charge is 0.303 e. The van der Waals surface area contributed by atoms with Crippen molar-refractivity contribution >= 4 is 6.29 Å². The molecule has 2 heteroatoms. The molecule has 2 aliphatic carbocycles. The van der Waals surface area contributed by atoms with E-state index in [4.69, 9.17) is 0 Å². The van der Waals surface area contributed by atoms with Crippen molar-refractivity contribution in [2.24, 2.45) is 17.3 Å². The minimum absolute atomic E-state index is 0.0360. The van der Waals surface area contributed by atoms with Crippen LogP contribution in [-0.2, 0) is 4.79 Å². The average Bonchev–Trinajstić information content (AvgIpc) is 3.15. The molecule has 0 spiro atoms. The van der Waals surface area contributed by atoms with Crippen molar-refractivity contribution in [2.75, 3.05) is 13.1 Å². The summed E-state index contributed by atoms with van der Waals surface area (Å²) in [6.45, 7) is 9.07. The van der Waals surface area contributed by atoms with Crippen molar-refractivity contribution < 1.29 is 4.79 Å². The van der Waals surface area contributed by atoms with Gasteiger partial charge in [0.1, 0.15) is 6.29 Å². The Morgan fingerprint density at radius 2 is 1.83 bits per heavy atom. The Balaban J connectivity index is 1.95. The summed E-state index contributed by atoms with van der Waals surface area (Å²) in [5.74, 6) is 1.73. The molecule has 2 saturated carbocycles. The van der Waals surface area contributed by atoms with E-state index in [1.807, 2.05) is 0 Å². The molecule has 2 rings (SSSR count). The van der Waals surface area contributed by atoms with Crippen molar-refractivity contribution in [3.63, 3.8) is 0 Å². The number of hydrogen-bond donors (Lipinski definition) is 0. The number of nitrogens with zero attached hydrogens (tertiary/aromatic N) is 1. The first-order chi connectivity index (χ1) is 8.54. The van der Waals surface area contributed by atoms with Crippen molar-refractivity contribution in [3.8, 4) is 0 Å². The second-order valence-corrected chi connectivity index (χ2v) is 7.13. The topological polar surface area (TPSA) is 20.3 Å². The highest BCUT2D eigenvalue weighted by molar-refractivity contribution is 5.60. The maximum absolute atomic E-state index is 11.6. The maximum Gasteiger partial charge on any atom is 0.127 e. The van der Waals surface area contributed by atoms with Gasteiger partial charge in [0, 0.05) is 24.5 Å². The lowest BCUT2D eigenvalue weighted by Gasteiger charge is -2.40. The maximum atomic E-state index is 11.6. The van der Waals surface area contributed by atoms with E-state index in [1.165, 1.54) is 38.5 Å². The second-order valence-electron chi connectivity index (χ2n) is 7.13. The Morgan fingerprint density at radius 3 is 2.28 bits per heavy atom. The summed E-state index contributed by atoms with van der Waals surface area (Å²) in [7, 11) is 0. The van der Waals surface area contributed by atoms with E-state index in [0.29, 0.717) is 6.04 Å². The Hall–Kier alpha value is -0.370. The van der Waals surface area contributed by atoms with Crippen LogP contribution in [0.15, 0.2) is 0 Å². The summed E-state index contributed by atoms with van der Waals surface area (Å²) < 4.78 is 0. The summed E-state index contributed by atoms with van der Waals surface area (Å²) >= 11 is 0. The number of aldehydes is 1. The highest BCUT2D eigenvalue weighted by Crippen LogP contribution is 2.39. The fourth-order valence-corrected chi connectivity index (χ4v) is 3.14. The SMILES string of the molecule is CC1CCC(C=O)(CN(CC2CC2)C(C)C)CC1. The Kier molecular flexibility index (Phi) is 4.47. The van der Waals surface area contributed by atoms with Crippen LogP contribution >= 0.6 is 0 Å². The number of carbonyl (C=O) groups is 1. The van der Waals surface area contributed by atoms with E-state index in [9.17, 15) is 4.79 Å². The van der Waals surface area contributed by atoms with Crippen LogP contribution in [0, 0.1) is 17.3 Å². The lowest BCUT2D eigenvalue weighted by atomic mass is 9.71. The molecule has 0 aromatic heterocycles. The van der Waals surface area contributed by atoms with Gasteiger partial charge in [-0.05, 0) is 64.2 Å². The predicted molar refractivity (Wildman–Crippen MR) is 75.6 cm³/mol. The van der Waals surface area contributed by atoms with E-state index >= 15 is 0 Å². The van der Waals surface area contributed by atoms with E-state index < -0.39 is 0 Å². The van der Waals surface area contributed by atoms with Crippen molar-refractivity contribution in [2.45, 2.75) is 65.3 Å². The molecule has 0 aliphatic heterocycles. The van der Waals surface area contributed by atoms with Crippen LogP contribution in [0.2, 0.25) is 0 Å². The number of rotatable bonds is 6. The molecule has 18 heavy (non-hydrogen) atoms. The highest BCUT2D eigenvalue weighted by Gasteiger charge is 2.37. The fraction of sp³-hybridized carbons (Fsp3) is 0.938. The molecule has 0 N–H and O–H groups in total. The van der Waals surface area contributed by atoms with Gasteiger partial charge in [-0.25, -0.2) is 0 Å². The van der Waals surface area contributed by atoms with Gasteiger partial charge in [0.25, 0.3) is 0 Å². The first kappa shape index (κ1) is 14.0. The molecule has 104 valence electrons. The molecule has 0 aromatic rings. The van der Waals surface area contributed by atoms with Crippen molar-refractivity contribution in [3.05, 3.63) is 0 Å². The van der Waals surface area contributed by atoms with E-state index in [0.717, 1.165) is 31.2 Å². The van der Waals surface area contributed by atoms with E-state index in [1.54, 1.807) is 0 Å². The number of carbonyl (C=O) groups excluding carboxylic acids is 1. The molecule has 0 bridgehead atoms. The lowest BCUT2D eigenvalue weighted by molar-refractivity contribution is -0.120. The number of hydrogen-bond acceptors (Lipinski definition) is 2. The normalized spacial score (nSPS) is 33.1. The highest BCUT2D eigenvalue weighted by atomic mass is 16.1. The van der Waals surface area contributed by atoms with Gasteiger partial charge in [-0.1, -0.05) is 6.92 Å². The smallest absolute Gasteiger partial charge is 0.127 e. The first-order valence-corrected chi connectivity index (χ1v) is 7.75. The molecule has 2 nitrogen and oxygen atoms in total. The monoisotopic (exact) mass is 251 g/mol. The summed E-state index contributed by atoms with van der Waals surface area (Å²) in [6, 6.07) is 0.571. The zero-order chi connectivity index (χ0) is 13.2. The molecular formula is C16H29NO. The third-order valence-electron chi connectivity index (χ3n) is 4.96. The van der Waals surface area contributed by atoms with Gasteiger partial charge >= 0.3 is 0 Å². The summed E-state index contributed by atoms with van der Waals surface area (Å²) in [6.07, 6.45) is 8.74.